The molecule has 1 N–H and O–H groups in total. The topological polar surface area (TPSA) is 114 Å². The van der Waals surface area contributed by atoms with Crippen molar-refractivity contribution in [3.05, 3.63) is 18.0 Å². The number of carbonyl (C=O) groups is 3. The lowest BCUT2D eigenvalue weighted by Gasteiger charge is -2.30. The van der Waals surface area contributed by atoms with Gasteiger partial charge in [0.25, 0.3) is 0 Å². The number of rotatable bonds is 0. The minimum Gasteiger partial charge on any atom is -0.463 e. The maximum Gasteiger partial charge on any atom is 0.434 e. The maximum atomic E-state index is 13.0. The molecule has 0 bridgehead atoms. The van der Waals surface area contributed by atoms with Crippen LogP contribution in [0.15, 0.2) is 17.3 Å². The van der Waals surface area contributed by atoms with Crippen LogP contribution in [0, 0.1) is 5.41 Å². The number of amides is 3. The van der Waals surface area contributed by atoms with E-state index in [-0.39, 0.29) is 5.41 Å². The Labute approximate surface area is 165 Å². The van der Waals surface area contributed by atoms with Gasteiger partial charge in [-0.15, -0.1) is 4.99 Å². The summed E-state index contributed by atoms with van der Waals surface area (Å²) in [6.45, 7) is 15.5. The molecule has 0 saturated heterocycles. The number of nitrogens with zero attached hydrogens (tertiary/aromatic N) is 4. The first-order chi connectivity index (χ1) is 12.4. The van der Waals surface area contributed by atoms with Gasteiger partial charge in [0.05, 0.1) is 5.69 Å². The van der Waals surface area contributed by atoms with Gasteiger partial charge in [0.1, 0.15) is 5.60 Å². The first kappa shape index (κ1) is 23.3. The third kappa shape index (κ3) is 6.17. The normalized spacial score (nSPS) is 13.2. The Balaban J connectivity index is 3.61. The Kier molecular flexibility index (Phi) is 6.44. The summed E-state index contributed by atoms with van der Waals surface area (Å²) in [6, 6.07) is 1.67. The van der Waals surface area contributed by atoms with E-state index in [0.717, 1.165) is 4.68 Å². The van der Waals surface area contributed by atoms with E-state index in [0.29, 0.717) is 10.6 Å². The van der Waals surface area contributed by atoms with Crippen molar-refractivity contribution >= 4 is 24.1 Å². The van der Waals surface area contributed by atoms with Gasteiger partial charge >= 0.3 is 12.2 Å². The number of imide groups is 1. The Bertz CT molecular complexity index is 788. The monoisotopic (exact) mass is 394 g/mol. The molecule has 1 aromatic heterocycles. The fourth-order valence-corrected chi connectivity index (χ4v) is 2.02. The van der Waals surface area contributed by atoms with Crippen LogP contribution in [0.2, 0.25) is 0 Å². The van der Waals surface area contributed by atoms with Crippen molar-refractivity contribution in [2.24, 2.45) is 10.4 Å². The van der Waals surface area contributed by atoms with Crippen molar-refractivity contribution in [2.75, 3.05) is 0 Å². The number of hydrogen-bond acceptors (Lipinski definition) is 5. The van der Waals surface area contributed by atoms with Crippen LogP contribution in [-0.2, 0) is 14.9 Å². The molecule has 28 heavy (non-hydrogen) atoms. The summed E-state index contributed by atoms with van der Waals surface area (Å²) in [5, 5.41) is 13.6. The first-order valence-corrected chi connectivity index (χ1v) is 8.89. The zero-order valence-corrected chi connectivity index (χ0v) is 18.0. The van der Waals surface area contributed by atoms with Crippen LogP contribution in [0.3, 0.4) is 0 Å². The molecule has 0 spiro atoms. The lowest BCUT2D eigenvalue weighted by atomic mass is 9.93. The van der Waals surface area contributed by atoms with E-state index in [1.165, 1.54) is 6.20 Å². The molecule has 3 amide bonds. The van der Waals surface area contributed by atoms with Crippen molar-refractivity contribution < 1.29 is 24.2 Å². The summed E-state index contributed by atoms with van der Waals surface area (Å²) in [5.41, 5.74) is -1.60. The minimum absolute atomic E-state index is 0.329. The fourth-order valence-electron chi connectivity index (χ4n) is 2.02. The van der Waals surface area contributed by atoms with Crippen LogP contribution in [0.1, 0.15) is 68.0 Å². The molecule has 0 aromatic carbocycles. The largest absolute Gasteiger partial charge is 0.463 e. The molecule has 0 aliphatic carbocycles. The second-order valence-corrected chi connectivity index (χ2v) is 9.46. The lowest BCUT2D eigenvalue weighted by Crippen LogP contribution is -2.51. The predicted molar refractivity (Wildman–Crippen MR) is 104 cm³/mol. The molecular weight excluding hydrogens is 364 g/mol. The molecule has 0 radical (unpaired) electrons. The lowest BCUT2D eigenvalue weighted by molar-refractivity contribution is -0.134. The van der Waals surface area contributed by atoms with E-state index < -0.39 is 35.1 Å². The van der Waals surface area contributed by atoms with Gasteiger partial charge in [-0.2, -0.15) is 10.00 Å². The van der Waals surface area contributed by atoms with Crippen molar-refractivity contribution in [3.8, 4) is 0 Å². The second kappa shape index (κ2) is 7.73. The molecule has 156 valence electrons. The van der Waals surface area contributed by atoms with Crippen LogP contribution in [0.4, 0.5) is 9.59 Å². The highest BCUT2D eigenvalue weighted by molar-refractivity contribution is 6.13. The molecular formula is C19H30N4O5. The van der Waals surface area contributed by atoms with Gasteiger partial charge in [0, 0.05) is 17.0 Å². The Hall–Kier alpha value is -2.71. The molecule has 0 atom stereocenters. The Morgan fingerprint density at radius 3 is 1.96 bits per heavy atom. The molecule has 0 aliphatic rings. The molecule has 9 heteroatoms. The van der Waals surface area contributed by atoms with Gasteiger partial charge in [-0.25, -0.2) is 14.3 Å². The molecule has 0 aliphatic heterocycles. The minimum atomic E-state index is -1.57. The number of aliphatic imine (C=N–C) groups is 1. The van der Waals surface area contributed by atoms with Crippen LogP contribution in [0.5, 0.6) is 0 Å². The van der Waals surface area contributed by atoms with E-state index in [1.54, 1.807) is 47.6 Å². The highest BCUT2D eigenvalue weighted by atomic mass is 16.6. The zero-order chi connectivity index (χ0) is 22.1. The van der Waals surface area contributed by atoms with Crippen molar-refractivity contribution in [1.29, 1.82) is 0 Å². The second-order valence-electron chi connectivity index (χ2n) is 9.46. The maximum absolute atomic E-state index is 13.0. The van der Waals surface area contributed by atoms with E-state index in [1.807, 2.05) is 20.8 Å². The molecule has 1 heterocycles. The number of carboxylic acid groups (broad SMARTS) is 1. The summed E-state index contributed by atoms with van der Waals surface area (Å²) >= 11 is 0. The quantitative estimate of drug-likeness (QED) is 0.528. The van der Waals surface area contributed by atoms with Crippen LogP contribution in [0.25, 0.3) is 0 Å². The molecule has 0 fully saturated rings. The van der Waals surface area contributed by atoms with Crippen LogP contribution in [-0.4, -0.2) is 49.4 Å². The van der Waals surface area contributed by atoms with Gasteiger partial charge in [0.15, 0.2) is 0 Å². The van der Waals surface area contributed by atoms with Crippen LogP contribution >= 0.6 is 0 Å². The van der Waals surface area contributed by atoms with E-state index >= 15 is 0 Å². The van der Waals surface area contributed by atoms with E-state index in [9.17, 15) is 19.5 Å². The number of aromatic nitrogens is 2. The van der Waals surface area contributed by atoms with Crippen LogP contribution < -0.4 is 0 Å². The third-order valence-electron chi connectivity index (χ3n) is 3.38. The number of carbonyl (C=O) groups excluding carboxylic acids is 2. The molecule has 0 saturated carbocycles. The predicted octanol–water partition coefficient (Wildman–Crippen LogP) is 3.87. The number of hydrogen-bond donors (Lipinski definition) is 1. The average Bonchev–Trinajstić information content (AvgIpc) is 2.92. The highest BCUT2D eigenvalue weighted by Gasteiger charge is 2.39. The number of ether oxygens (including phenoxy) is 1. The molecule has 0 unspecified atom stereocenters. The van der Waals surface area contributed by atoms with E-state index in [2.05, 4.69) is 10.1 Å². The zero-order valence-electron chi connectivity index (χ0n) is 18.0. The van der Waals surface area contributed by atoms with Crippen molar-refractivity contribution in [1.82, 2.24) is 14.7 Å². The van der Waals surface area contributed by atoms with Gasteiger partial charge in [-0.05, 0) is 26.8 Å². The molecule has 1 rings (SSSR count). The summed E-state index contributed by atoms with van der Waals surface area (Å²) < 4.78 is 6.43. The highest BCUT2D eigenvalue weighted by Crippen LogP contribution is 2.23. The standard InChI is InChI=1S/C19H30N4O5/c1-17(2,3)12-10-11-22(21-12)14(20-15(25)26)23(13(24)18(4,5)6)16(27)28-19(7,8)9/h10-11H,1-9H3,(H,25,26). The third-order valence-corrected chi connectivity index (χ3v) is 3.38. The van der Waals surface area contributed by atoms with E-state index in [4.69, 9.17) is 4.74 Å². The average molecular weight is 394 g/mol. The molecule has 1 aromatic rings. The Morgan fingerprint density at radius 1 is 1.07 bits per heavy atom. The Morgan fingerprint density at radius 2 is 1.61 bits per heavy atom. The summed E-state index contributed by atoms with van der Waals surface area (Å²) in [6.07, 6.45) is -1.14. The summed E-state index contributed by atoms with van der Waals surface area (Å²) in [4.78, 5) is 41.3. The summed E-state index contributed by atoms with van der Waals surface area (Å²) in [5.74, 6) is -1.13. The summed E-state index contributed by atoms with van der Waals surface area (Å²) in [7, 11) is 0. The molecule has 9 nitrogen and oxygen atoms in total. The fraction of sp³-hybridized carbons (Fsp3) is 0.632. The smallest absolute Gasteiger partial charge is 0.434 e. The van der Waals surface area contributed by atoms with Gasteiger partial charge < -0.3 is 9.84 Å². The van der Waals surface area contributed by atoms with Gasteiger partial charge in [-0.1, -0.05) is 41.5 Å². The van der Waals surface area contributed by atoms with Gasteiger partial charge in [0.2, 0.25) is 11.9 Å². The van der Waals surface area contributed by atoms with Crippen molar-refractivity contribution in [3.63, 3.8) is 0 Å². The first-order valence-electron chi connectivity index (χ1n) is 8.89. The SMILES string of the molecule is CC(C)(C)OC(=O)N(C(=O)C(C)(C)C)C(=NC(=O)O)n1ccc(C(C)(C)C)n1. The van der Waals surface area contributed by atoms with Crippen molar-refractivity contribution in [2.45, 2.75) is 73.3 Å². The van der Waals surface area contributed by atoms with Gasteiger partial charge in [-0.3, -0.25) is 4.79 Å².